The summed E-state index contributed by atoms with van der Waals surface area (Å²) in [4.78, 5) is 154. The van der Waals surface area contributed by atoms with Gasteiger partial charge in [0.05, 0.1) is 18.8 Å². The second-order valence-electron chi connectivity index (χ2n) is 15.8. The lowest BCUT2D eigenvalue weighted by Gasteiger charge is -2.27. The number of nitrogens with one attached hydrogen (secondary N) is 11. The van der Waals surface area contributed by atoms with Crippen molar-refractivity contribution in [3.63, 3.8) is 0 Å². The van der Waals surface area contributed by atoms with Crippen LogP contribution in [0.1, 0.15) is 78.6 Å². The minimum atomic E-state index is -1.74. The molecule has 370 valence electrons. The number of carboxylic acids is 2. The smallest absolute Gasteiger partial charge is 0.303 e. The van der Waals surface area contributed by atoms with Crippen LogP contribution in [0.15, 0.2) is 25.0 Å². The molecule has 0 aromatic carbocycles. The normalized spacial score (nSPS) is 15.4. The first-order chi connectivity index (χ1) is 31.4. The maximum atomic E-state index is 13.7. The number of carbonyl (C=O) groups excluding carboxylic acids is 9. The van der Waals surface area contributed by atoms with Crippen LogP contribution in [0.4, 0.5) is 0 Å². The number of amides is 9. The number of aliphatic hydroxyl groups is 1. The number of hydrogen-bond donors (Lipinski definition) is 14. The Bertz CT molecular complexity index is 2050. The van der Waals surface area contributed by atoms with E-state index in [2.05, 4.69) is 67.8 Å². The number of carboxylic acid groups (broad SMARTS) is 2. The van der Waals surface area contributed by atoms with E-state index >= 15 is 0 Å². The monoisotopic (exact) mass is 947 g/mol. The topological polar surface area (TPSA) is 414 Å². The summed E-state index contributed by atoms with van der Waals surface area (Å²) in [6, 6.07) is -11.2. The largest absolute Gasteiger partial charge is 0.481 e. The number of nitrogens with zero attached hydrogens (tertiary/aromatic N) is 2. The molecule has 0 bridgehead atoms. The summed E-state index contributed by atoms with van der Waals surface area (Å²) in [7, 11) is 1.33. The van der Waals surface area contributed by atoms with E-state index < -0.39 is 145 Å². The van der Waals surface area contributed by atoms with Gasteiger partial charge in [-0.3, -0.25) is 52.7 Å². The van der Waals surface area contributed by atoms with Crippen molar-refractivity contribution in [2.75, 3.05) is 7.05 Å². The van der Waals surface area contributed by atoms with Gasteiger partial charge in [0.2, 0.25) is 53.2 Å². The lowest BCUT2D eigenvalue weighted by atomic mass is 10.0. The van der Waals surface area contributed by atoms with Crippen molar-refractivity contribution in [3.05, 3.63) is 36.4 Å². The van der Waals surface area contributed by atoms with Gasteiger partial charge in [0, 0.05) is 62.4 Å². The van der Waals surface area contributed by atoms with E-state index in [1.165, 1.54) is 59.8 Å². The molecule has 2 rings (SSSR count). The summed E-state index contributed by atoms with van der Waals surface area (Å²) in [6.45, 7) is 7.88. The maximum Gasteiger partial charge on any atom is 0.303 e. The molecule has 0 saturated heterocycles. The van der Waals surface area contributed by atoms with Crippen LogP contribution < -0.4 is 47.9 Å². The Labute approximate surface area is 384 Å². The van der Waals surface area contributed by atoms with Crippen LogP contribution in [0.5, 0.6) is 0 Å². The van der Waals surface area contributed by atoms with Gasteiger partial charge >= 0.3 is 11.9 Å². The quantitative estimate of drug-likeness (QED) is 0.0382. The highest BCUT2D eigenvalue weighted by Gasteiger charge is 2.35. The summed E-state index contributed by atoms with van der Waals surface area (Å²) in [5.41, 5.74) is 0.975. The van der Waals surface area contributed by atoms with Crippen molar-refractivity contribution < 1.29 is 68.1 Å². The molecule has 0 aliphatic rings. The Hall–Kier alpha value is -7.45. The number of hydrogen-bond acceptors (Lipinski definition) is 14. The van der Waals surface area contributed by atoms with Crippen LogP contribution in [0.2, 0.25) is 0 Å². The summed E-state index contributed by atoms with van der Waals surface area (Å²) in [6.07, 6.45) is 2.21. The number of aliphatic hydroxyl groups excluding tert-OH is 1. The maximum absolute atomic E-state index is 13.7. The molecule has 14 N–H and O–H groups in total. The summed E-state index contributed by atoms with van der Waals surface area (Å²) in [5.74, 6) is -10.9. The van der Waals surface area contributed by atoms with E-state index in [-0.39, 0.29) is 19.3 Å². The molecular formula is C40H61N13O14. The molecule has 0 aliphatic heterocycles. The zero-order valence-electron chi connectivity index (χ0n) is 38.1. The zero-order chi connectivity index (χ0) is 50.5. The number of aromatic amines is 2. The number of imidazole rings is 2. The van der Waals surface area contributed by atoms with Crippen molar-refractivity contribution in [2.45, 2.75) is 135 Å². The molecule has 0 saturated carbocycles. The molecule has 9 amide bonds. The van der Waals surface area contributed by atoms with Crippen LogP contribution in [0.3, 0.4) is 0 Å². The first kappa shape index (κ1) is 55.7. The lowest BCUT2D eigenvalue weighted by Crippen LogP contribution is -2.61. The van der Waals surface area contributed by atoms with Crippen LogP contribution in [0.25, 0.3) is 0 Å². The molecule has 10 atom stereocenters. The third-order valence-corrected chi connectivity index (χ3v) is 10.0. The zero-order valence-corrected chi connectivity index (χ0v) is 38.1. The van der Waals surface area contributed by atoms with Crippen LogP contribution in [0, 0.1) is 5.92 Å². The minimum absolute atomic E-state index is 0.246. The average Bonchev–Trinajstić information content (AvgIpc) is 3.99. The standard InChI is InChI=1S/C40H61N13O14/c1-18(12-24-14-42-16-44-24)32(59)50-26(8-10-29(55)56)37(64)49-21(4)35(62)46-20(3)34(61)47-22(5)36(63)53-31(23(6)54)40(67)52-28(13-25-15-43-17-45-25)39(66)51-27(9-11-30(57)58)38(65)48-19(2)33(60)41-7/h14-23,26-28,31,54H,8-13H2,1-7H3,(H,41,60)(H,42,44)(H,43,45)(H,46,62)(H,47,61)(H,48,65)(H,49,64)(H,50,59)(H,51,66)(H,52,67)(H,53,63)(H,55,56)(H,57,58)/t18-,19-,20-,21-,22-,23+,26-,27-,28-,31-/m1/s1. The first-order valence-electron chi connectivity index (χ1n) is 21.1. The van der Waals surface area contributed by atoms with Crippen LogP contribution >= 0.6 is 0 Å². The fourth-order valence-electron chi connectivity index (χ4n) is 6.03. The van der Waals surface area contributed by atoms with Gasteiger partial charge < -0.3 is 73.1 Å². The van der Waals surface area contributed by atoms with Crippen LogP contribution in [-0.4, -0.2) is 162 Å². The molecule has 0 unspecified atom stereocenters. The summed E-state index contributed by atoms with van der Waals surface area (Å²) in [5, 5.41) is 50.4. The number of rotatable bonds is 28. The van der Waals surface area contributed by atoms with E-state index in [4.69, 9.17) is 0 Å². The average molecular weight is 948 g/mol. The van der Waals surface area contributed by atoms with E-state index in [0.717, 1.165) is 6.92 Å². The predicted octanol–water partition coefficient (Wildman–Crippen LogP) is -4.63. The Balaban J connectivity index is 2.09. The highest BCUT2D eigenvalue weighted by atomic mass is 16.4. The molecule has 0 fully saturated rings. The highest BCUT2D eigenvalue weighted by Crippen LogP contribution is 2.09. The van der Waals surface area contributed by atoms with Crippen molar-refractivity contribution in [1.29, 1.82) is 0 Å². The van der Waals surface area contributed by atoms with Gasteiger partial charge in [0.1, 0.15) is 48.3 Å². The van der Waals surface area contributed by atoms with Gasteiger partial charge in [-0.1, -0.05) is 6.92 Å². The van der Waals surface area contributed by atoms with Gasteiger partial charge in [0.15, 0.2) is 0 Å². The number of likely N-dealkylation sites (N-methyl/N-ethyl adjacent to an activating group) is 1. The molecule has 2 heterocycles. The highest BCUT2D eigenvalue weighted by molar-refractivity contribution is 5.98. The number of H-pyrrole nitrogens is 2. The summed E-state index contributed by atoms with van der Waals surface area (Å²) >= 11 is 0. The Morgan fingerprint density at radius 2 is 0.866 bits per heavy atom. The SMILES string of the molecule is CNC(=O)[C@@H](C)NC(=O)[C@@H](CCC(=O)O)NC(=O)[C@@H](Cc1cnc[nH]1)NC(=O)[C@H](NC(=O)[C@@H](C)NC(=O)[C@@H](C)NC(=O)[C@@H](C)NC(=O)[C@@H](CCC(=O)O)NC(=O)[C@H](C)Cc1cnc[nH]1)[C@H](C)O. The fraction of sp³-hybridized carbons (Fsp3) is 0.575. The first-order valence-corrected chi connectivity index (χ1v) is 21.1. The number of aliphatic carboxylic acids is 2. The fourth-order valence-corrected chi connectivity index (χ4v) is 6.03. The van der Waals surface area contributed by atoms with Gasteiger partial charge in [-0.15, -0.1) is 0 Å². The molecule has 0 aliphatic carbocycles. The van der Waals surface area contributed by atoms with Gasteiger partial charge in [-0.25, -0.2) is 9.97 Å². The Morgan fingerprint density at radius 3 is 1.27 bits per heavy atom. The number of aromatic nitrogens is 4. The molecule has 2 aromatic heterocycles. The predicted molar refractivity (Wildman–Crippen MR) is 231 cm³/mol. The van der Waals surface area contributed by atoms with E-state index in [1.807, 2.05) is 0 Å². The van der Waals surface area contributed by atoms with Crippen LogP contribution in [-0.2, 0) is 65.6 Å². The molecule has 2 aromatic rings. The molecular weight excluding hydrogens is 887 g/mol. The minimum Gasteiger partial charge on any atom is -0.481 e. The summed E-state index contributed by atoms with van der Waals surface area (Å²) < 4.78 is 0. The Kier molecular flexibility index (Phi) is 22.5. The molecule has 27 heteroatoms. The molecule has 67 heavy (non-hydrogen) atoms. The second-order valence-corrected chi connectivity index (χ2v) is 15.8. The molecule has 27 nitrogen and oxygen atoms in total. The van der Waals surface area contributed by atoms with E-state index in [9.17, 15) is 68.1 Å². The lowest BCUT2D eigenvalue weighted by molar-refractivity contribution is -0.139. The van der Waals surface area contributed by atoms with Crippen molar-refractivity contribution in [2.24, 2.45) is 5.92 Å². The van der Waals surface area contributed by atoms with E-state index in [1.54, 1.807) is 6.92 Å². The van der Waals surface area contributed by atoms with E-state index in [0.29, 0.717) is 11.4 Å². The Morgan fingerprint density at radius 1 is 0.493 bits per heavy atom. The number of carbonyl (C=O) groups is 11. The second kappa shape index (κ2) is 27.1. The third-order valence-electron chi connectivity index (χ3n) is 10.0. The molecule has 0 spiro atoms. The van der Waals surface area contributed by atoms with Gasteiger partial charge in [0.25, 0.3) is 0 Å². The molecule has 0 radical (unpaired) electrons. The van der Waals surface area contributed by atoms with Gasteiger partial charge in [-0.05, 0) is 47.5 Å². The van der Waals surface area contributed by atoms with Gasteiger partial charge in [-0.2, -0.15) is 0 Å². The third kappa shape index (κ3) is 19.3. The van der Waals surface area contributed by atoms with Crippen molar-refractivity contribution >= 4 is 65.1 Å². The van der Waals surface area contributed by atoms with Crippen molar-refractivity contribution in [3.8, 4) is 0 Å². The van der Waals surface area contributed by atoms with Crippen molar-refractivity contribution in [1.82, 2.24) is 67.8 Å².